The van der Waals surface area contributed by atoms with Crippen molar-refractivity contribution in [3.05, 3.63) is 65.1 Å². The number of hydrogen-bond acceptors (Lipinski definition) is 5. The zero-order valence-electron chi connectivity index (χ0n) is 14.1. The molecule has 0 N–H and O–H groups in total. The molecule has 2 aromatic rings. The van der Waals surface area contributed by atoms with Crippen molar-refractivity contribution in [2.24, 2.45) is 0 Å². The summed E-state index contributed by atoms with van der Waals surface area (Å²) in [5.41, 5.74) is 2.99. The van der Waals surface area contributed by atoms with Crippen molar-refractivity contribution in [2.75, 3.05) is 36.1 Å². The van der Waals surface area contributed by atoms with Crippen molar-refractivity contribution in [3.8, 4) is 0 Å². The van der Waals surface area contributed by atoms with Crippen LogP contribution in [0.5, 0.6) is 0 Å². The van der Waals surface area contributed by atoms with Crippen molar-refractivity contribution in [1.82, 2.24) is 0 Å². The number of para-hydroxylation sites is 1. The molecular weight excluding hydrogens is 364 g/mol. The first-order valence-corrected chi connectivity index (χ1v) is 9.70. The van der Waals surface area contributed by atoms with Crippen molar-refractivity contribution >= 4 is 51.7 Å². The Hall–Kier alpha value is -2.15. The van der Waals surface area contributed by atoms with E-state index in [4.69, 9.17) is 17.0 Å². The molecule has 1 amide bonds. The number of amides is 1. The van der Waals surface area contributed by atoms with Gasteiger partial charge in [-0.3, -0.25) is 9.69 Å². The molecule has 4 rings (SSSR count). The topological polar surface area (TPSA) is 32.8 Å². The third-order valence-electron chi connectivity index (χ3n) is 4.38. The highest BCUT2D eigenvalue weighted by Crippen LogP contribution is 2.36. The normalized spacial score (nSPS) is 19.5. The number of morpholine rings is 1. The molecule has 2 saturated heterocycles. The van der Waals surface area contributed by atoms with Gasteiger partial charge in [-0.25, -0.2) is 0 Å². The molecule has 0 unspecified atom stereocenters. The number of rotatable bonds is 3. The van der Waals surface area contributed by atoms with Gasteiger partial charge in [-0.2, -0.15) is 0 Å². The Morgan fingerprint density at radius 2 is 1.65 bits per heavy atom. The molecule has 2 aliphatic rings. The molecule has 6 heteroatoms. The molecule has 2 heterocycles. The largest absolute Gasteiger partial charge is 0.378 e. The molecule has 2 fully saturated rings. The first-order chi connectivity index (χ1) is 12.7. The molecule has 0 aliphatic carbocycles. The molecule has 4 nitrogen and oxygen atoms in total. The number of benzene rings is 2. The van der Waals surface area contributed by atoms with E-state index < -0.39 is 0 Å². The number of carbonyl (C=O) groups excluding carboxylic acids is 1. The van der Waals surface area contributed by atoms with Crippen LogP contribution in [0.4, 0.5) is 11.4 Å². The second kappa shape index (κ2) is 7.61. The van der Waals surface area contributed by atoms with Crippen LogP contribution in [0, 0.1) is 0 Å². The van der Waals surface area contributed by atoms with Gasteiger partial charge in [0.25, 0.3) is 5.91 Å². The van der Waals surface area contributed by atoms with E-state index in [1.165, 1.54) is 17.4 Å². The van der Waals surface area contributed by atoms with Gasteiger partial charge in [0.2, 0.25) is 0 Å². The lowest BCUT2D eigenvalue weighted by atomic mass is 10.1. The molecule has 2 aromatic carbocycles. The van der Waals surface area contributed by atoms with Crippen LogP contribution in [0.3, 0.4) is 0 Å². The lowest BCUT2D eigenvalue weighted by Crippen LogP contribution is -2.36. The van der Waals surface area contributed by atoms with E-state index in [1.54, 1.807) is 4.90 Å². The standard InChI is InChI=1S/C20H18N2O2S2/c23-19-18(26-20(25)22(19)17-4-2-1-3-5-17)14-15-6-8-16(9-7-15)21-10-12-24-13-11-21/h1-9,14H,10-13H2. The van der Waals surface area contributed by atoms with Crippen molar-refractivity contribution in [1.29, 1.82) is 0 Å². The molecular formula is C20H18N2O2S2. The predicted molar refractivity (Wildman–Crippen MR) is 112 cm³/mol. The number of thiocarbonyl (C=S) groups is 1. The Kier molecular flexibility index (Phi) is 5.06. The summed E-state index contributed by atoms with van der Waals surface area (Å²) in [5.74, 6) is -0.0662. The van der Waals surface area contributed by atoms with Crippen LogP contribution in [0.25, 0.3) is 6.08 Å². The van der Waals surface area contributed by atoms with Crippen LogP contribution in [0.15, 0.2) is 59.5 Å². The number of hydrogen-bond donors (Lipinski definition) is 0. The molecule has 2 aliphatic heterocycles. The van der Waals surface area contributed by atoms with Gasteiger partial charge in [0.1, 0.15) is 0 Å². The van der Waals surface area contributed by atoms with E-state index in [0.29, 0.717) is 9.23 Å². The van der Waals surface area contributed by atoms with Crippen molar-refractivity contribution < 1.29 is 9.53 Å². The molecule has 0 saturated carbocycles. The Bertz CT molecular complexity index is 844. The summed E-state index contributed by atoms with van der Waals surface area (Å²) in [6.07, 6.45) is 1.91. The van der Waals surface area contributed by atoms with Crippen molar-refractivity contribution in [2.45, 2.75) is 0 Å². The second-order valence-electron chi connectivity index (χ2n) is 6.04. The summed E-state index contributed by atoms with van der Waals surface area (Å²) >= 11 is 6.75. The molecule has 0 radical (unpaired) electrons. The second-order valence-corrected chi connectivity index (χ2v) is 7.72. The maximum absolute atomic E-state index is 12.8. The van der Waals surface area contributed by atoms with Crippen molar-refractivity contribution in [3.63, 3.8) is 0 Å². The third-order valence-corrected chi connectivity index (χ3v) is 5.68. The van der Waals surface area contributed by atoms with Gasteiger partial charge >= 0.3 is 0 Å². The maximum atomic E-state index is 12.8. The fourth-order valence-corrected chi connectivity index (χ4v) is 4.32. The summed E-state index contributed by atoms with van der Waals surface area (Å²) in [4.78, 5) is 17.3. The highest BCUT2D eigenvalue weighted by molar-refractivity contribution is 8.27. The van der Waals surface area contributed by atoms with E-state index in [2.05, 4.69) is 17.0 Å². The molecule has 0 spiro atoms. The first kappa shape index (κ1) is 17.3. The van der Waals surface area contributed by atoms with E-state index in [0.717, 1.165) is 37.6 Å². The minimum absolute atomic E-state index is 0.0662. The smallest absolute Gasteiger partial charge is 0.270 e. The molecule has 0 aromatic heterocycles. The minimum Gasteiger partial charge on any atom is -0.378 e. The summed E-state index contributed by atoms with van der Waals surface area (Å²) in [6.45, 7) is 3.36. The van der Waals surface area contributed by atoms with Crippen LogP contribution < -0.4 is 9.80 Å². The third kappa shape index (κ3) is 3.53. The number of carbonyl (C=O) groups is 1. The highest BCUT2D eigenvalue weighted by Gasteiger charge is 2.33. The van der Waals surface area contributed by atoms with Gasteiger partial charge in [0, 0.05) is 18.8 Å². The zero-order valence-corrected chi connectivity index (χ0v) is 15.8. The van der Waals surface area contributed by atoms with Gasteiger partial charge in [0.05, 0.1) is 23.8 Å². The summed E-state index contributed by atoms with van der Waals surface area (Å²) < 4.78 is 5.96. The number of thioether (sulfide) groups is 1. The van der Waals surface area contributed by atoms with Crippen LogP contribution in [0.1, 0.15) is 5.56 Å². The van der Waals surface area contributed by atoms with E-state index in [1.807, 2.05) is 48.5 Å². The zero-order chi connectivity index (χ0) is 17.9. The molecule has 0 atom stereocenters. The summed E-state index contributed by atoms with van der Waals surface area (Å²) in [6, 6.07) is 17.8. The minimum atomic E-state index is -0.0662. The Morgan fingerprint density at radius 1 is 0.962 bits per heavy atom. The lowest BCUT2D eigenvalue weighted by Gasteiger charge is -2.28. The fraction of sp³-hybridized carbons (Fsp3) is 0.200. The molecule has 0 bridgehead atoms. The Morgan fingerprint density at radius 3 is 2.35 bits per heavy atom. The summed E-state index contributed by atoms with van der Waals surface area (Å²) in [5, 5.41) is 0. The monoisotopic (exact) mass is 382 g/mol. The van der Waals surface area contributed by atoms with Gasteiger partial charge in [-0.05, 0) is 35.9 Å². The van der Waals surface area contributed by atoms with E-state index in [9.17, 15) is 4.79 Å². The van der Waals surface area contributed by atoms with Gasteiger partial charge in [0.15, 0.2) is 4.32 Å². The van der Waals surface area contributed by atoms with E-state index >= 15 is 0 Å². The highest BCUT2D eigenvalue weighted by atomic mass is 32.2. The Labute approximate surface area is 162 Å². The van der Waals surface area contributed by atoms with E-state index in [-0.39, 0.29) is 5.91 Å². The van der Waals surface area contributed by atoms with Gasteiger partial charge in [-0.15, -0.1) is 0 Å². The van der Waals surface area contributed by atoms with Crippen LogP contribution in [0.2, 0.25) is 0 Å². The molecule has 132 valence electrons. The fourth-order valence-electron chi connectivity index (χ4n) is 3.02. The average molecular weight is 383 g/mol. The predicted octanol–water partition coefficient (Wildman–Crippen LogP) is 3.93. The van der Waals surface area contributed by atoms with Gasteiger partial charge < -0.3 is 9.64 Å². The number of ether oxygens (including phenoxy) is 1. The lowest BCUT2D eigenvalue weighted by molar-refractivity contribution is -0.113. The Balaban J connectivity index is 1.53. The average Bonchev–Trinajstić information content (AvgIpc) is 2.97. The molecule has 26 heavy (non-hydrogen) atoms. The van der Waals surface area contributed by atoms with Gasteiger partial charge in [-0.1, -0.05) is 54.3 Å². The number of nitrogens with zero attached hydrogens (tertiary/aromatic N) is 2. The quantitative estimate of drug-likeness (QED) is 0.593. The maximum Gasteiger partial charge on any atom is 0.270 e. The van der Waals surface area contributed by atoms with Crippen LogP contribution >= 0.6 is 24.0 Å². The summed E-state index contributed by atoms with van der Waals surface area (Å²) in [7, 11) is 0. The van der Waals surface area contributed by atoms with Crippen LogP contribution in [-0.4, -0.2) is 36.5 Å². The van der Waals surface area contributed by atoms with Crippen LogP contribution in [-0.2, 0) is 9.53 Å². The first-order valence-electron chi connectivity index (χ1n) is 8.48. The SMILES string of the molecule is O=C1C(=Cc2ccc(N3CCOCC3)cc2)SC(=S)N1c1ccccc1. The number of anilines is 2.